The third-order valence-corrected chi connectivity index (χ3v) is 3.21. The Kier molecular flexibility index (Phi) is 4.91. The number of alkyl halides is 3. The number of carbonyl (C=O) groups is 1. The van der Waals surface area contributed by atoms with E-state index in [4.69, 9.17) is 0 Å². The van der Waals surface area contributed by atoms with Gasteiger partial charge in [-0.3, -0.25) is 4.79 Å². The van der Waals surface area contributed by atoms with Crippen molar-refractivity contribution in [3.63, 3.8) is 0 Å². The highest BCUT2D eigenvalue weighted by Crippen LogP contribution is 2.30. The maximum absolute atomic E-state index is 11.9. The zero-order chi connectivity index (χ0) is 12.2. The number of hydrogen-bond acceptors (Lipinski definition) is 3. The molecule has 0 aromatic heterocycles. The third kappa shape index (κ3) is 4.61. The second-order valence-electron chi connectivity index (χ2n) is 3.79. The van der Waals surface area contributed by atoms with Gasteiger partial charge in [0.25, 0.3) is 0 Å². The van der Waals surface area contributed by atoms with Crippen LogP contribution in [0.1, 0.15) is 6.42 Å². The summed E-state index contributed by atoms with van der Waals surface area (Å²) in [5, 5.41) is 3.00. The lowest BCUT2D eigenvalue weighted by Crippen LogP contribution is -2.32. The summed E-state index contributed by atoms with van der Waals surface area (Å²) >= 11 is -0.264. The van der Waals surface area contributed by atoms with Crippen LogP contribution < -0.4 is 5.32 Å². The van der Waals surface area contributed by atoms with Crippen LogP contribution >= 0.6 is 11.8 Å². The average molecular weight is 256 g/mol. The molecule has 0 aromatic carbocycles. The first kappa shape index (κ1) is 13.6. The molecule has 1 rings (SSSR count). The Morgan fingerprint density at radius 3 is 2.81 bits per heavy atom. The first-order chi connectivity index (χ1) is 7.42. The SMILES string of the molecule is CNCC1CCN(C(=O)CSC(F)(F)F)C1. The van der Waals surface area contributed by atoms with Crippen LogP contribution in [0, 0.1) is 5.92 Å². The van der Waals surface area contributed by atoms with Crippen molar-refractivity contribution < 1.29 is 18.0 Å². The van der Waals surface area contributed by atoms with E-state index in [1.54, 1.807) is 0 Å². The first-order valence-electron chi connectivity index (χ1n) is 5.05. The van der Waals surface area contributed by atoms with Crippen molar-refractivity contribution in [1.82, 2.24) is 10.2 Å². The molecular formula is C9H15F3N2OS. The van der Waals surface area contributed by atoms with Gasteiger partial charge in [0, 0.05) is 13.1 Å². The van der Waals surface area contributed by atoms with Crippen LogP contribution in [0.2, 0.25) is 0 Å². The van der Waals surface area contributed by atoms with E-state index in [2.05, 4.69) is 5.32 Å². The summed E-state index contributed by atoms with van der Waals surface area (Å²) in [4.78, 5) is 12.9. The molecule has 1 amide bonds. The van der Waals surface area contributed by atoms with Gasteiger partial charge in [-0.05, 0) is 37.7 Å². The monoisotopic (exact) mass is 256 g/mol. The topological polar surface area (TPSA) is 32.3 Å². The van der Waals surface area contributed by atoms with Crippen molar-refractivity contribution in [1.29, 1.82) is 0 Å². The van der Waals surface area contributed by atoms with Crippen LogP contribution in [0.15, 0.2) is 0 Å². The number of hydrogen-bond donors (Lipinski definition) is 1. The first-order valence-corrected chi connectivity index (χ1v) is 6.04. The predicted molar refractivity (Wildman–Crippen MR) is 57.1 cm³/mol. The molecule has 0 aromatic rings. The van der Waals surface area contributed by atoms with E-state index in [-0.39, 0.29) is 11.8 Å². The number of nitrogens with zero attached hydrogens (tertiary/aromatic N) is 1. The summed E-state index contributed by atoms with van der Waals surface area (Å²) in [5.74, 6) is -0.554. The molecule has 0 aliphatic carbocycles. The molecule has 0 saturated carbocycles. The van der Waals surface area contributed by atoms with E-state index >= 15 is 0 Å². The second-order valence-corrected chi connectivity index (χ2v) is 4.83. The largest absolute Gasteiger partial charge is 0.442 e. The number of amides is 1. The quantitative estimate of drug-likeness (QED) is 0.823. The molecule has 0 spiro atoms. The van der Waals surface area contributed by atoms with Crippen LogP contribution in [0.5, 0.6) is 0 Å². The van der Waals surface area contributed by atoms with Gasteiger partial charge in [0.2, 0.25) is 5.91 Å². The number of nitrogens with one attached hydrogen (secondary N) is 1. The molecule has 1 unspecified atom stereocenters. The third-order valence-electron chi connectivity index (χ3n) is 2.49. The van der Waals surface area contributed by atoms with Crippen LogP contribution in [-0.2, 0) is 4.79 Å². The van der Waals surface area contributed by atoms with E-state index in [0.717, 1.165) is 13.0 Å². The van der Waals surface area contributed by atoms with Crippen molar-refractivity contribution in [3.8, 4) is 0 Å². The molecule has 1 fully saturated rings. The summed E-state index contributed by atoms with van der Waals surface area (Å²) in [6.07, 6.45) is 0.864. The minimum Gasteiger partial charge on any atom is -0.342 e. The van der Waals surface area contributed by atoms with Gasteiger partial charge in [-0.15, -0.1) is 0 Å². The fraction of sp³-hybridized carbons (Fsp3) is 0.889. The number of rotatable bonds is 4. The standard InChI is InChI=1S/C9H15F3N2OS/c1-13-4-7-2-3-14(5-7)8(15)6-16-9(10,11)12/h7,13H,2-6H2,1H3. The molecule has 0 bridgehead atoms. The van der Waals surface area contributed by atoms with Gasteiger partial charge in [0.1, 0.15) is 0 Å². The molecule has 1 N–H and O–H groups in total. The van der Waals surface area contributed by atoms with Gasteiger partial charge in [0.05, 0.1) is 5.75 Å². The van der Waals surface area contributed by atoms with Crippen molar-refractivity contribution in [2.45, 2.75) is 11.9 Å². The summed E-state index contributed by atoms with van der Waals surface area (Å²) in [7, 11) is 1.82. The van der Waals surface area contributed by atoms with Crippen LogP contribution in [0.3, 0.4) is 0 Å². The highest BCUT2D eigenvalue weighted by Gasteiger charge is 2.32. The Morgan fingerprint density at radius 2 is 2.25 bits per heavy atom. The van der Waals surface area contributed by atoms with E-state index in [0.29, 0.717) is 19.0 Å². The number of halogens is 3. The molecule has 1 atom stereocenters. The second kappa shape index (κ2) is 5.77. The molecule has 1 aliphatic heterocycles. The lowest BCUT2D eigenvalue weighted by atomic mass is 10.1. The number of carbonyl (C=O) groups excluding carboxylic acids is 1. The fourth-order valence-electron chi connectivity index (χ4n) is 1.75. The molecular weight excluding hydrogens is 241 g/mol. The van der Waals surface area contributed by atoms with Crippen LogP contribution in [0.25, 0.3) is 0 Å². The Balaban J connectivity index is 2.28. The normalized spacial score (nSPS) is 21.5. The highest BCUT2D eigenvalue weighted by atomic mass is 32.2. The van der Waals surface area contributed by atoms with Gasteiger partial charge >= 0.3 is 5.51 Å². The minimum absolute atomic E-state index is 0.264. The zero-order valence-corrected chi connectivity index (χ0v) is 9.83. The van der Waals surface area contributed by atoms with Crippen molar-refractivity contribution in [2.24, 2.45) is 5.92 Å². The van der Waals surface area contributed by atoms with Crippen LogP contribution in [0.4, 0.5) is 13.2 Å². The Bertz CT molecular complexity index is 247. The van der Waals surface area contributed by atoms with Gasteiger partial charge in [-0.1, -0.05) is 0 Å². The van der Waals surface area contributed by atoms with E-state index in [9.17, 15) is 18.0 Å². The molecule has 0 radical (unpaired) electrons. The highest BCUT2D eigenvalue weighted by molar-refractivity contribution is 8.00. The molecule has 7 heteroatoms. The summed E-state index contributed by atoms with van der Waals surface area (Å²) in [6, 6.07) is 0. The molecule has 1 heterocycles. The fourth-order valence-corrected chi connectivity index (χ4v) is 2.22. The Hall–Kier alpha value is -0.430. The Morgan fingerprint density at radius 1 is 1.56 bits per heavy atom. The van der Waals surface area contributed by atoms with E-state index < -0.39 is 17.2 Å². The summed E-state index contributed by atoms with van der Waals surface area (Å²) < 4.78 is 35.6. The van der Waals surface area contributed by atoms with Crippen molar-refractivity contribution in [3.05, 3.63) is 0 Å². The number of likely N-dealkylation sites (tertiary alicyclic amines) is 1. The summed E-state index contributed by atoms with van der Waals surface area (Å²) in [6.45, 7) is 1.94. The lowest BCUT2D eigenvalue weighted by molar-refractivity contribution is -0.127. The van der Waals surface area contributed by atoms with E-state index in [1.807, 2.05) is 7.05 Å². The number of thioether (sulfide) groups is 1. The predicted octanol–water partition coefficient (Wildman–Crippen LogP) is 1.31. The molecule has 1 saturated heterocycles. The smallest absolute Gasteiger partial charge is 0.342 e. The Labute approximate surface area is 96.7 Å². The van der Waals surface area contributed by atoms with Gasteiger partial charge < -0.3 is 10.2 Å². The van der Waals surface area contributed by atoms with E-state index in [1.165, 1.54) is 4.90 Å². The summed E-state index contributed by atoms with van der Waals surface area (Å²) in [5.41, 5.74) is -4.32. The zero-order valence-electron chi connectivity index (χ0n) is 9.01. The molecule has 3 nitrogen and oxygen atoms in total. The maximum Gasteiger partial charge on any atom is 0.442 e. The average Bonchev–Trinajstić information content (AvgIpc) is 2.62. The van der Waals surface area contributed by atoms with Gasteiger partial charge in [0.15, 0.2) is 0 Å². The molecule has 16 heavy (non-hydrogen) atoms. The maximum atomic E-state index is 11.9. The molecule has 1 aliphatic rings. The minimum atomic E-state index is -4.32. The van der Waals surface area contributed by atoms with Gasteiger partial charge in [-0.2, -0.15) is 13.2 Å². The van der Waals surface area contributed by atoms with Crippen LogP contribution in [-0.4, -0.2) is 48.8 Å². The van der Waals surface area contributed by atoms with Crippen molar-refractivity contribution >= 4 is 17.7 Å². The van der Waals surface area contributed by atoms with Gasteiger partial charge in [-0.25, -0.2) is 0 Å². The van der Waals surface area contributed by atoms with Crippen molar-refractivity contribution in [2.75, 3.05) is 32.4 Å². The lowest BCUT2D eigenvalue weighted by Gasteiger charge is -2.16. The molecule has 94 valence electrons.